The van der Waals surface area contributed by atoms with E-state index in [1.165, 1.54) is 13.8 Å². The topological polar surface area (TPSA) is 77.7 Å². The van der Waals surface area contributed by atoms with Crippen molar-refractivity contribution >= 4 is 11.9 Å². The van der Waals surface area contributed by atoms with Crippen LogP contribution in [0.25, 0.3) is 0 Å². The highest BCUT2D eigenvalue weighted by molar-refractivity contribution is 5.67. The Morgan fingerprint density at radius 2 is 1.66 bits per heavy atom. The number of rotatable bonds is 2. The molecule has 2 aliphatic heterocycles. The molecule has 0 bridgehead atoms. The van der Waals surface area contributed by atoms with Gasteiger partial charge in [0.15, 0.2) is 0 Å². The zero-order valence-electron chi connectivity index (χ0n) is 20.4. The van der Waals surface area contributed by atoms with Crippen LogP contribution in [-0.4, -0.2) is 41.1 Å². The Morgan fingerprint density at radius 3 is 2.34 bits per heavy atom. The number of ether oxygens (including phenoxy) is 4. The Kier molecular flexibility index (Phi) is 4.08. The van der Waals surface area contributed by atoms with E-state index in [0.717, 1.165) is 44.9 Å². The van der Waals surface area contributed by atoms with Crippen LogP contribution in [0.2, 0.25) is 0 Å². The fourth-order valence-electron chi connectivity index (χ4n) is 10.1. The minimum Gasteiger partial charge on any atom is -0.462 e. The SMILES string of the molecule is CC(=O)O[C@@H]1CC[C@]2(C)[C@H]3CC[C@@]4(C)[C@@H](C[C@@H](C)[C@@]45O[C@@]5(C)OC(C)=O)[C@@H]3C[C@@H]3O[C@@]32C1. The van der Waals surface area contributed by atoms with Gasteiger partial charge in [-0.1, -0.05) is 20.8 Å². The molecule has 0 aromatic heterocycles. The molecule has 0 radical (unpaired) electrons. The normalized spacial score (nSPS) is 59.3. The van der Waals surface area contributed by atoms with Gasteiger partial charge in [-0.25, -0.2) is 0 Å². The number of epoxide rings is 2. The second-order valence-corrected chi connectivity index (χ2v) is 12.5. The molecule has 2 spiro atoms. The molecule has 2 saturated heterocycles. The fraction of sp³-hybridized carbons (Fsp3) is 0.923. The highest BCUT2D eigenvalue weighted by Crippen LogP contribution is 2.79. The second kappa shape index (κ2) is 6.10. The smallest absolute Gasteiger partial charge is 0.305 e. The van der Waals surface area contributed by atoms with Crippen molar-refractivity contribution in [1.29, 1.82) is 0 Å². The van der Waals surface area contributed by atoms with E-state index in [2.05, 4.69) is 20.8 Å². The van der Waals surface area contributed by atoms with E-state index < -0.39 is 5.79 Å². The summed E-state index contributed by atoms with van der Waals surface area (Å²) in [5.41, 5.74) is -0.322. The van der Waals surface area contributed by atoms with Gasteiger partial charge in [0.05, 0.1) is 6.10 Å². The van der Waals surface area contributed by atoms with Gasteiger partial charge in [-0.3, -0.25) is 9.59 Å². The Labute approximate surface area is 191 Å². The lowest BCUT2D eigenvalue weighted by Crippen LogP contribution is -2.59. The van der Waals surface area contributed by atoms with Crippen LogP contribution in [-0.2, 0) is 28.5 Å². The molecule has 178 valence electrons. The van der Waals surface area contributed by atoms with Crippen molar-refractivity contribution in [2.45, 2.75) is 116 Å². The quantitative estimate of drug-likeness (QED) is 0.463. The lowest BCUT2D eigenvalue weighted by atomic mass is 9.44. The summed E-state index contributed by atoms with van der Waals surface area (Å²) in [5, 5.41) is 0. The summed E-state index contributed by atoms with van der Waals surface area (Å²) in [4.78, 5) is 23.4. The monoisotopic (exact) mass is 446 g/mol. The molecule has 0 aromatic carbocycles. The maximum absolute atomic E-state index is 11.8. The van der Waals surface area contributed by atoms with Gasteiger partial charge in [0.25, 0.3) is 0 Å². The van der Waals surface area contributed by atoms with Gasteiger partial charge in [0.2, 0.25) is 5.79 Å². The predicted octanol–water partition coefficient (Wildman–Crippen LogP) is 4.39. The number of hydrogen-bond donors (Lipinski definition) is 0. The van der Waals surface area contributed by atoms with Crippen LogP contribution < -0.4 is 0 Å². The Hall–Kier alpha value is -1.14. The van der Waals surface area contributed by atoms with E-state index in [1.807, 2.05) is 6.92 Å². The number of carbonyl (C=O) groups excluding carboxylic acids is 2. The maximum atomic E-state index is 11.8. The van der Waals surface area contributed by atoms with Crippen molar-refractivity contribution in [2.75, 3.05) is 0 Å². The van der Waals surface area contributed by atoms with E-state index in [9.17, 15) is 9.59 Å². The molecule has 6 aliphatic rings. The largest absolute Gasteiger partial charge is 0.462 e. The predicted molar refractivity (Wildman–Crippen MR) is 115 cm³/mol. The third-order valence-corrected chi connectivity index (χ3v) is 11.2. The van der Waals surface area contributed by atoms with E-state index in [-0.39, 0.29) is 46.2 Å². The van der Waals surface area contributed by atoms with Gasteiger partial charge < -0.3 is 18.9 Å². The zero-order valence-corrected chi connectivity index (χ0v) is 20.4. The van der Waals surface area contributed by atoms with Crippen LogP contribution in [0.3, 0.4) is 0 Å². The molecule has 0 N–H and O–H groups in total. The van der Waals surface area contributed by atoms with Gasteiger partial charge in [-0.15, -0.1) is 0 Å². The minimum absolute atomic E-state index is 0.00458. The first-order valence-corrected chi connectivity index (χ1v) is 12.7. The lowest BCUT2D eigenvalue weighted by molar-refractivity contribution is -0.159. The lowest BCUT2D eigenvalue weighted by Gasteiger charge is -2.59. The summed E-state index contributed by atoms with van der Waals surface area (Å²) in [6, 6.07) is 0. The molecule has 0 amide bonds. The van der Waals surface area contributed by atoms with E-state index in [1.54, 1.807) is 0 Å². The molecule has 6 rings (SSSR count). The molecule has 2 heterocycles. The number of esters is 2. The van der Waals surface area contributed by atoms with E-state index in [4.69, 9.17) is 18.9 Å². The fourth-order valence-corrected chi connectivity index (χ4v) is 10.1. The van der Waals surface area contributed by atoms with Crippen LogP contribution in [0.5, 0.6) is 0 Å². The van der Waals surface area contributed by atoms with Crippen LogP contribution in [0.15, 0.2) is 0 Å². The molecule has 11 atom stereocenters. The molecular weight excluding hydrogens is 408 g/mol. The van der Waals surface area contributed by atoms with Crippen molar-refractivity contribution in [3.63, 3.8) is 0 Å². The van der Waals surface area contributed by atoms with Gasteiger partial charge in [0, 0.05) is 38.0 Å². The highest BCUT2D eigenvalue weighted by atomic mass is 16.8. The third kappa shape index (κ3) is 2.29. The average molecular weight is 447 g/mol. The van der Waals surface area contributed by atoms with Crippen LogP contribution in [0, 0.1) is 34.5 Å². The second-order valence-electron chi connectivity index (χ2n) is 12.5. The maximum Gasteiger partial charge on any atom is 0.305 e. The van der Waals surface area contributed by atoms with Crippen molar-refractivity contribution in [3.8, 4) is 0 Å². The van der Waals surface area contributed by atoms with Gasteiger partial charge >= 0.3 is 11.9 Å². The number of carbonyl (C=O) groups is 2. The van der Waals surface area contributed by atoms with Crippen molar-refractivity contribution in [1.82, 2.24) is 0 Å². The van der Waals surface area contributed by atoms with E-state index >= 15 is 0 Å². The molecular formula is C26H38O6. The van der Waals surface area contributed by atoms with Gasteiger partial charge in [0.1, 0.15) is 17.3 Å². The molecule has 6 heteroatoms. The van der Waals surface area contributed by atoms with Crippen LogP contribution in [0.1, 0.15) is 86.5 Å². The Bertz CT molecular complexity index is 888. The Balaban J connectivity index is 1.29. The highest BCUT2D eigenvalue weighted by Gasteiger charge is 2.86. The molecule has 0 unspecified atom stereocenters. The molecule has 32 heavy (non-hydrogen) atoms. The molecule has 4 aliphatic carbocycles. The standard InChI is InChI=1S/C26H38O6/c1-14-11-20-18-12-21-25(31-21)13-17(29-15(2)27)7-9-22(25,4)19(18)8-10-23(20,5)26(14)24(6,32-26)30-16(3)28/h14,17-21H,7-13H2,1-6H3/t14-,17-,18-,19+,20+,21+,22-,23+,24-,25+,26-/m1/s1. The Morgan fingerprint density at radius 1 is 0.938 bits per heavy atom. The summed E-state index contributed by atoms with van der Waals surface area (Å²) in [6.45, 7) is 12.1. The average Bonchev–Trinajstić information content (AvgIpc) is 3.52. The van der Waals surface area contributed by atoms with Crippen molar-refractivity contribution in [3.05, 3.63) is 0 Å². The molecule has 6 fully saturated rings. The van der Waals surface area contributed by atoms with Crippen molar-refractivity contribution < 1.29 is 28.5 Å². The first-order chi connectivity index (χ1) is 14.9. The summed E-state index contributed by atoms with van der Waals surface area (Å²) in [7, 11) is 0. The van der Waals surface area contributed by atoms with Gasteiger partial charge in [-0.05, 0) is 62.2 Å². The summed E-state index contributed by atoms with van der Waals surface area (Å²) in [6.07, 6.45) is 7.62. The number of hydrogen-bond acceptors (Lipinski definition) is 6. The van der Waals surface area contributed by atoms with Gasteiger partial charge in [-0.2, -0.15) is 0 Å². The first kappa shape index (κ1) is 21.4. The van der Waals surface area contributed by atoms with Crippen LogP contribution in [0.4, 0.5) is 0 Å². The third-order valence-electron chi connectivity index (χ3n) is 11.2. The van der Waals surface area contributed by atoms with Crippen LogP contribution >= 0.6 is 0 Å². The number of fused-ring (bicyclic) bond motifs is 5. The summed E-state index contributed by atoms with van der Waals surface area (Å²) in [5.74, 6) is 0.910. The summed E-state index contributed by atoms with van der Waals surface area (Å²) < 4.78 is 24.4. The van der Waals surface area contributed by atoms with Crippen molar-refractivity contribution in [2.24, 2.45) is 34.5 Å². The minimum atomic E-state index is -0.797. The summed E-state index contributed by atoms with van der Waals surface area (Å²) >= 11 is 0. The first-order valence-electron chi connectivity index (χ1n) is 12.7. The van der Waals surface area contributed by atoms with E-state index in [0.29, 0.717) is 23.7 Å². The molecule has 6 nitrogen and oxygen atoms in total. The zero-order chi connectivity index (χ0) is 22.9. The molecule has 0 aromatic rings. The molecule has 4 saturated carbocycles.